The van der Waals surface area contributed by atoms with E-state index in [1.54, 1.807) is 19.2 Å². The smallest absolute Gasteiger partial charge is 0.266 e. The van der Waals surface area contributed by atoms with Gasteiger partial charge in [0.2, 0.25) is 0 Å². The molecular weight excluding hydrogens is 254 g/mol. The van der Waals surface area contributed by atoms with E-state index in [1.807, 2.05) is 13.0 Å². The molecule has 1 aromatic rings. The fourth-order valence-corrected chi connectivity index (χ4v) is 1.54. The Morgan fingerprint density at radius 2 is 2.16 bits per heavy atom. The zero-order valence-corrected chi connectivity index (χ0v) is 11.0. The van der Waals surface area contributed by atoms with Gasteiger partial charge in [-0.1, -0.05) is 6.07 Å². The Labute approximate surface area is 111 Å². The van der Waals surface area contributed by atoms with E-state index in [-0.39, 0.29) is 6.42 Å². The van der Waals surface area contributed by atoms with Gasteiger partial charge in [0.15, 0.2) is 6.29 Å². The number of unbranched alkanes of at least 4 members (excludes halogenated alkanes) is 1. The normalized spacial score (nSPS) is 11.8. The van der Waals surface area contributed by atoms with Gasteiger partial charge in [-0.2, -0.15) is 8.78 Å². The highest BCUT2D eigenvalue weighted by Gasteiger charge is 2.09. The summed E-state index contributed by atoms with van der Waals surface area (Å²) in [5, 5.41) is 9.68. The number of allylic oxidation sites excluding steroid dienone is 1. The molecule has 0 saturated heterocycles. The van der Waals surface area contributed by atoms with Crippen molar-refractivity contribution in [1.82, 2.24) is 0 Å². The Morgan fingerprint density at radius 3 is 2.79 bits per heavy atom. The summed E-state index contributed by atoms with van der Waals surface area (Å²) >= 11 is 0. The summed E-state index contributed by atoms with van der Waals surface area (Å²) in [6.07, 6.45) is -0.924. The molecular formula is C14H18F2O3. The minimum absolute atomic E-state index is 0.222. The molecule has 0 amide bonds. The predicted molar refractivity (Wildman–Crippen MR) is 68.5 cm³/mol. The van der Waals surface area contributed by atoms with Gasteiger partial charge in [0.25, 0.3) is 6.08 Å². The average Bonchev–Trinajstić information content (AvgIpc) is 2.37. The first-order valence-electron chi connectivity index (χ1n) is 6.03. The van der Waals surface area contributed by atoms with Crippen molar-refractivity contribution in [2.24, 2.45) is 0 Å². The zero-order chi connectivity index (χ0) is 14.3. The summed E-state index contributed by atoms with van der Waals surface area (Å²) in [7, 11) is 1.54. The van der Waals surface area contributed by atoms with Crippen LogP contribution in [0.15, 0.2) is 30.4 Å². The van der Waals surface area contributed by atoms with Crippen LogP contribution in [0.1, 0.15) is 24.8 Å². The second-order valence-electron chi connectivity index (χ2n) is 4.13. The summed E-state index contributed by atoms with van der Waals surface area (Å²) in [6, 6.07) is 5.30. The first-order valence-corrected chi connectivity index (χ1v) is 6.03. The summed E-state index contributed by atoms with van der Waals surface area (Å²) in [6.45, 7) is 1.85. The number of hydrogen-bond donors (Lipinski definition) is 1. The zero-order valence-electron chi connectivity index (χ0n) is 11.0. The van der Waals surface area contributed by atoms with Crippen LogP contribution in [0.3, 0.4) is 0 Å². The standard InChI is InChI=1S/C14H18F2O3/c1-10-7-8-11(18-2)9-12(10)19-14(17)6-4-3-5-13(15)16/h5,7-9,14,17H,3-4,6H2,1-2H3. The first-order chi connectivity index (χ1) is 9.02. The largest absolute Gasteiger partial charge is 0.497 e. The Bertz CT molecular complexity index is 429. The molecule has 0 aliphatic rings. The lowest BCUT2D eigenvalue weighted by Crippen LogP contribution is -2.15. The van der Waals surface area contributed by atoms with Gasteiger partial charge in [-0.05, 0) is 37.5 Å². The molecule has 3 nitrogen and oxygen atoms in total. The van der Waals surface area contributed by atoms with Gasteiger partial charge in [-0.15, -0.1) is 0 Å². The maximum absolute atomic E-state index is 11.8. The third-order valence-corrected chi connectivity index (χ3v) is 2.61. The van der Waals surface area contributed by atoms with Crippen LogP contribution in [0, 0.1) is 6.92 Å². The van der Waals surface area contributed by atoms with Crippen LogP contribution in [0.2, 0.25) is 0 Å². The van der Waals surface area contributed by atoms with Crippen molar-refractivity contribution in [1.29, 1.82) is 0 Å². The van der Waals surface area contributed by atoms with Crippen molar-refractivity contribution in [2.75, 3.05) is 7.11 Å². The third-order valence-electron chi connectivity index (χ3n) is 2.61. The van der Waals surface area contributed by atoms with Crippen molar-refractivity contribution >= 4 is 0 Å². The molecule has 1 unspecified atom stereocenters. The summed E-state index contributed by atoms with van der Waals surface area (Å²) < 4.78 is 34.0. The summed E-state index contributed by atoms with van der Waals surface area (Å²) in [4.78, 5) is 0. The number of aliphatic hydroxyl groups excluding tert-OH is 1. The second kappa shape index (κ2) is 7.74. The lowest BCUT2D eigenvalue weighted by atomic mass is 10.2. The molecule has 19 heavy (non-hydrogen) atoms. The lowest BCUT2D eigenvalue weighted by molar-refractivity contribution is -0.0246. The minimum atomic E-state index is -1.70. The number of ether oxygens (including phenoxy) is 2. The van der Waals surface area contributed by atoms with E-state index in [2.05, 4.69) is 0 Å². The maximum Gasteiger partial charge on any atom is 0.266 e. The highest BCUT2D eigenvalue weighted by Crippen LogP contribution is 2.25. The number of methoxy groups -OCH3 is 1. The number of halogens is 2. The van der Waals surface area contributed by atoms with Crippen molar-refractivity contribution in [2.45, 2.75) is 32.5 Å². The fourth-order valence-electron chi connectivity index (χ4n) is 1.54. The Hall–Kier alpha value is -1.62. The van der Waals surface area contributed by atoms with E-state index < -0.39 is 12.4 Å². The van der Waals surface area contributed by atoms with Gasteiger partial charge >= 0.3 is 0 Å². The summed E-state index contributed by atoms with van der Waals surface area (Å²) in [5.74, 6) is 1.16. The maximum atomic E-state index is 11.8. The number of aryl methyl sites for hydroxylation is 1. The van der Waals surface area contributed by atoms with E-state index in [9.17, 15) is 13.9 Å². The Balaban J connectivity index is 2.47. The quantitative estimate of drug-likeness (QED) is 0.608. The highest BCUT2D eigenvalue weighted by atomic mass is 19.3. The first kappa shape index (κ1) is 15.4. The van der Waals surface area contributed by atoms with Crippen LogP contribution in [0.5, 0.6) is 11.5 Å². The van der Waals surface area contributed by atoms with E-state index in [0.29, 0.717) is 24.3 Å². The molecule has 0 saturated carbocycles. The van der Waals surface area contributed by atoms with Crippen LogP contribution in [0.4, 0.5) is 8.78 Å². The van der Waals surface area contributed by atoms with Crippen LogP contribution in [-0.4, -0.2) is 18.5 Å². The van der Waals surface area contributed by atoms with Gasteiger partial charge in [-0.25, -0.2) is 0 Å². The van der Waals surface area contributed by atoms with Crippen molar-refractivity contribution in [3.8, 4) is 11.5 Å². The lowest BCUT2D eigenvalue weighted by Gasteiger charge is -2.15. The highest BCUT2D eigenvalue weighted by molar-refractivity contribution is 5.39. The molecule has 0 radical (unpaired) electrons. The molecule has 0 aliphatic heterocycles. The second-order valence-corrected chi connectivity index (χ2v) is 4.13. The molecule has 1 rings (SSSR count). The van der Waals surface area contributed by atoms with Crippen LogP contribution in [-0.2, 0) is 0 Å². The third kappa shape index (κ3) is 5.70. The molecule has 0 bridgehead atoms. The number of benzene rings is 1. The van der Waals surface area contributed by atoms with E-state index in [0.717, 1.165) is 11.6 Å². The van der Waals surface area contributed by atoms with Crippen molar-refractivity contribution < 1.29 is 23.4 Å². The SMILES string of the molecule is COc1ccc(C)c(OC(O)CCCC=C(F)F)c1. The van der Waals surface area contributed by atoms with Crippen molar-refractivity contribution in [3.63, 3.8) is 0 Å². The molecule has 1 atom stereocenters. The van der Waals surface area contributed by atoms with Gasteiger partial charge in [-0.3, -0.25) is 0 Å². The molecule has 0 aromatic heterocycles. The van der Waals surface area contributed by atoms with Crippen LogP contribution >= 0.6 is 0 Å². The van der Waals surface area contributed by atoms with Gasteiger partial charge < -0.3 is 14.6 Å². The number of aliphatic hydroxyl groups is 1. The Kier molecular flexibility index (Phi) is 6.29. The Morgan fingerprint density at radius 1 is 1.42 bits per heavy atom. The summed E-state index contributed by atoms with van der Waals surface area (Å²) in [5.41, 5.74) is 0.870. The molecule has 106 valence electrons. The monoisotopic (exact) mass is 272 g/mol. The minimum Gasteiger partial charge on any atom is -0.497 e. The topological polar surface area (TPSA) is 38.7 Å². The van der Waals surface area contributed by atoms with E-state index in [4.69, 9.17) is 9.47 Å². The molecule has 0 heterocycles. The van der Waals surface area contributed by atoms with E-state index >= 15 is 0 Å². The molecule has 0 spiro atoms. The number of hydrogen-bond acceptors (Lipinski definition) is 3. The molecule has 5 heteroatoms. The average molecular weight is 272 g/mol. The van der Waals surface area contributed by atoms with E-state index in [1.165, 1.54) is 0 Å². The fraction of sp³-hybridized carbons (Fsp3) is 0.429. The number of rotatable bonds is 7. The van der Waals surface area contributed by atoms with Gasteiger partial charge in [0, 0.05) is 12.5 Å². The van der Waals surface area contributed by atoms with Gasteiger partial charge in [0.05, 0.1) is 7.11 Å². The predicted octanol–water partition coefficient (Wildman–Crippen LogP) is 3.65. The van der Waals surface area contributed by atoms with Crippen LogP contribution in [0.25, 0.3) is 0 Å². The van der Waals surface area contributed by atoms with Crippen LogP contribution < -0.4 is 9.47 Å². The molecule has 1 aromatic carbocycles. The molecule has 1 N–H and O–H groups in total. The van der Waals surface area contributed by atoms with Crippen molar-refractivity contribution in [3.05, 3.63) is 35.9 Å². The molecule has 0 aliphatic carbocycles. The van der Waals surface area contributed by atoms with Gasteiger partial charge in [0.1, 0.15) is 11.5 Å². The molecule has 0 fully saturated rings.